The lowest BCUT2D eigenvalue weighted by Crippen LogP contribution is -2.34. The maximum Gasteiger partial charge on any atom is 0.327 e. The van der Waals surface area contributed by atoms with E-state index in [0.29, 0.717) is 33.8 Å². The SMILES string of the molecule is O=C(NC(=O)c1ccccc1)Nc1n[nH]c2ccc(OCc3ccccc3Cl)cc12. The molecule has 3 aromatic carbocycles. The van der Waals surface area contributed by atoms with E-state index in [1.807, 2.05) is 18.2 Å². The number of hydrogen-bond donors (Lipinski definition) is 3. The summed E-state index contributed by atoms with van der Waals surface area (Å²) in [6.07, 6.45) is 0. The standard InChI is InChI=1S/C22H17ClN4O3/c23-18-9-5-4-8-15(18)13-30-16-10-11-19-17(12-16)20(27-26-19)24-22(29)25-21(28)14-6-2-1-3-7-14/h1-12H,13H2,(H3,24,25,26,27,28,29). The monoisotopic (exact) mass is 420 g/mol. The molecule has 0 aliphatic carbocycles. The van der Waals surface area contributed by atoms with Crippen molar-refractivity contribution in [1.82, 2.24) is 15.5 Å². The lowest BCUT2D eigenvalue weighted by Gasteiger charge is -2.08. The molecule has 0 unspecified atom stereocenters. The number of urea groups is 1. The van der Waals surface area contributed by atoms with Gasteiger partial charge in [-0.2, -0.15) is 5.10 Å². The molecule has 4 rings (SSSR count). The average Bonchev–Trinajstić information content (AvgIpc) is 3.15. The minimum absolute atomic E-state index is 0.284. The lowest BCUT2D eigenvalue weighted by molar-refractivity contribution is 0.0967. The van der Waals surface area contributed by atoms with Gasteiger partial charge >= 0.3 is 6.03 Å². The number of fused-ring (bicyclic) bond motifs is 1. The molecule has 1 aromatic heterocycles. The molecule has 0 aliphatic heterocycles. The first kappa shape index (κ1) is 19.5. The molecule has 8 heteroatoms. The highest BCUT2D eigenvalue weighted by atomic mass is 35.5. The second kappa shape index (κ2) is 8.67. The van der Waals surface area contributed by atoms with E-state index in [4.69, 9.17) is 16.3 Å². The van der Waals surface area contributed by atoms with E-state index in [1.165, 1.54) is 0 Å². The number of aromatic nitrogens is 2. The largest absolute Gasteiger partial charge is 0.489 e. The fraction of sp³-hybridized carbons (Fsp3) is 0.0455. The van der Waals surface area contributed by atoms with Gasteiger partial charge in [0.05, 0.1) is 5.52 Å². The molecule has 3 N–H and O–H groups in total. The summed E-state index contributed by atoms with van der Waals surface area (Å²) in [6.45, 7) is 0.303. The van der Waals surface area contributed by atoms with Crippen LogP contribution in [0.3, 0.4) is 0 Å². The molecule has 0 atom stereocenters. The number of nitrogens with zero attached hydrogens (tertiary/aromatic N) is 1. The Kier molecular flexibility index (Phi) is 5.63. The fourth-order valence-electron chi connectivity index (χ4n) is 2.86. The Morgan fingerprint density at radius 1 is 1.00 bits per heavy atom. The number of rotatable bonds is 5. The zero-order valence-corrected chi connectivity index (χ0v) is 16.4. The maximum absolute atomic E-state index is 12.2. The summed E-state index contributed by atoms with van der Waals surface area (Å²) in [6, 6.07) is 20.6. The number of imide groups is 1. The van der Waals surface area contributed by atoms with Crippen molar-refractivity contribution in [2.45, 2.75) is 6.61 Å². The van der Waals surface area contributed by atoms with Crippen molar-refractivity contribution in [2.24, 2.45) is 0 Å². The fourth-order valence-corrected chi connectivity index (χ4v) is 3.05. The topological polar surface area (TPSA) is 96.1 Å². The summed E-state index contributed by atoms with van der Waals surface area (Å²) in [7, 11) is 0. The predicted molar refractivity (Wildman–Crippen MR) is 115 cm³/mol. The number of carbonyl (C=O) groups excluding carboxylic acids is 2. The van der Waals surface area contributed by atoms with Crippen LogP contribution in [0.4, 0.5) is 10.6 Å². The van der Waals surface area contributed by atoms with E-state index in [-0.39, 0.29) is 5.82 Å². The summed E-state index contributed by atoms with van der Waals surface area (Å²) in [4.78, 5) is 24.3. The van der Waals surface area contributed by atoms with Crippen molar-refractivity contribution in [3.8, 4) is 5.75 Å². The molecule has 0 aliphatic rings. The number of H-pyrrole nitrogens is 1. The summed E-state index contributed by atoms with van der Waals surface area (Å²) in [5, 5.41) is 13.1. The van der Waals surface area contributed by atoms with Gasteiger partial charge in [-0.1, -0.05) is 48.0 Å². The molecule has 0 radical (unpaired) electrons. The van der Waals surface area contributed by atoms with E-state index >= 15 is 0 Å². The third-order valence-electron chi connectivity index (χ3n) is 4.38. The lowest BCUT2D eigenvalue weighted by atomic mass is 10.2. The predicted octanol–water partition coefficient (Wildman–Crippen LogP) is 4.76. The molecule has 1 heterocycles. The van der Waals surface area contributed by atoms with Crippen LogP contribution in [0, 0.1) is 0 Å². The number of halogens is 1. The third kappa shape index (κ3) is 4.42. The molecule has 0 fully saturated rings. The first-order valence-corrected chi connectivity index (χ1v) is 9.49. The van der Waals surface area contributed by atoms with Gasteiger partial charge < -0.3 is 4.74 Å². The summed E-state index contributed by atoms with van der Waals surface area (Å²) in [5.74, 6) is 0.371. The van der Waals surface area contributed by atoms with Gasteiger partial charge in [-0.15, -0.1) is 0 Å². The number of amides is 3. The van der Waals surface area contributed by atoms with Crippen molar-refractivity contribution in [1.29, 1.82) is 0 Å². The van der Waals surface area contributed by atoms with Crippen LogP contribution < -0.4 is 15.4 Å². The molecular weight excluding hydrogens is 404 g/mol. The minimum Gasteiger partial charge on any atom is -0.489 e. The van der Waals surface area contributed by atoms with Crippen molar-refractivity contribution < 1.29 is 14.3 Å². The smallest absolute Gasteiger partial charge is 0.327 e. The van der Waals surface area contributed by atoms with Crippen LogP contribution in [0.5, 0.6) is 5.75 Å². The van der Waals surface area contributed by atoms with Crippen LogP contribution in [0.15, 0.2) is 72.8 Å². The molecule has 150 valence electrons. The number of nitrogens with one attached hydrogen (secondary N) is 3. The Hall–Kier alpha value is -3.84. The van der Waals surface area contributed by atoms with Crippen LogP contribution in [-0.2, 0) is 6.61 Å². The van der Waals surface area contributed by atoms with Gasteiger partial charge in [-0.05, 0) is 36.4 Å². The van der Waals surface area contributed by atoms with Gasteiger partial charge in [-0.3, -0.25) is 20.5 Å². The Morgan fingerprint density at radius 2 is 1.77 bits per heavy atom. The Labute approximate surface area is 177 Å². The number of anilines is 1. The van der Waals surface area contributed by atoms with Crippen LogP contribution >= 0.6 is 11.6 Å². The Morgan fingerprint density at radius 3 is 2.57 bits per heavy atom. The van der Waals surface area contributed by atoms with Gasteiger partial charge in [0.1, 0.15) is 12.4 Å². The Bertz CT molecular complexity index is 1210. The number of aromatic amines is 1. The van der Waals surface area contributed by atoms with Gasteiger partial charge in [-0.25, -0.2) is 4.79 Å². The molecule has 0 saturated heterocycles. The summed E-state index contributed by atoms with van der Waals surface area (Å²) in [5.41, 5.74) is 1.96. The molecular formula is C22H17ClN4O3. The van der Waals surface area contributed by atoms with Crippen LogP contribution in [0.25, 0.3) is 10.9 Å². The maximum atomic E-state index is 12.2. The molecule has 30 heavy (non-hydrogen) atoms. The third-order valence-corrected chi connectivity index (χ3v) is 4.75. The first-order chi connectivity index (χ1) is 14.6. The highest BCUT2D eigenvalue weighted by molar-refractivity contribution is 6.31. The molecule has 0 bridgehead atoms. The zero-order valence-electron chi connectivity index (χ0n) is 15.7. The number of hydrogen-bond acceptors (Lipinski definition) is 4. The van der Waals surface area contributed by atoms with Gasteiger partial charge in [0, 0.05) is 21.5 Å². The second-order valence-electron chi connectivity index (χ2n) is 6.43. The first-order valence-electron chi connectivity index (χ1n) is 9.12. The zero-order chi connectivity index (χ0) is 20.9. The van der Waals surface area contributed by atoms with Crippen molar-refractivity contribution in [3.63, 3.8) is 0 Å². The van der Waals surface area contributed by atoms with Crippen molar-refractivity contribution in [2.75, 3.05) is 5.32 Å². The number of ether oxygens (including phenoxy) is 1. The minimum atomic E-state index is -0.681. The molecule has 0 saturated carbocycles. The molecule has 4 aromatic rings. The number of benzene rings is 3. The summed E-state index contributed by atoms with van der Waals surface area (Å²) < 4.78 is 5.82. The normalized spacial score (nSPS) is 10.6. The average molecular weight is 421 g/mol. The van der Waals surface area contributed by atoms with Crippen LogP contribution in [0.2, 0.25) is 5.02 Å². The van der Waals surface area contributed by atoms with E-state index in [0.717, 1.165) is 5.56 Å². The second-order valence-corrected chi connectivity index (χ2v) is 6.84. The number of carbonyl (C=O) groups is 2. The highest BCUT2D eigenvalue weighted by Crippen LogP contribution is 2.26. The molecule has 3 amide bonds. The van der Waals surface area contributed by atoms with Gasteiger partial charge in [0.15, 0.2) is 5.82 Å². The van der Waals surface area contributed by atoms with Crippen LogP contribution in [0.1, 0.15) is 15.9 Å². The van der Waals surface area contributed by atoms with E-state index in [9.17, 15) is 9.59 Å². The quantitative estimate of drug-likeness (QED) is 0.433. The molecule has 0 spiro atoms. The Balaban J connectivity index is 1.45. The van der Waals surface area contributed by atoms with Crippen LogP contribution in [-0.4, -0.2) is 22.1 Å². The van der Waals surface area contributed by atoms with Gasteiger partial charge in [0.25, 0.3) is 5.91 Å². The van der Waals surface area contributed by atoms with Crippen molar-refractivity contribution in [3.05, 3.63) is 88.9 Å². The molecule has 7 nitrogen and oxygen atoms in total. The van der Waals surface area contributed by atoms with E-state index < -0.39 is 11.9 Å². The van der Waals surface area contributed by atoms with E-state index in [1.54, 1.807) is 54.6 Å². The summed E-state index contributed by atoms with van der Waals surface area (Å²) >= 11 is 6.16. The van der Waals surface area contributed by atoms with Crippen molar-refractivity contribution >= 4 is 40.3 Å². The van der Waals surface area contributed by atoms with Gasteiger partial charge in [0.2, 0.25) is 0 Å². The van der Waals surface area contributed by atoms with E-state index in [2.05, 4.69) is 20.8 Å². The highest BCUT2D eigenvalue weighted by Gasteiger charge is 2.14.